The molecule has 1 unspecified atom stereocenters. The van der Waals surface area contributed by atoms with Crippen molar-refractivity contribution in [2.75, 3.05) is 0 Å². The van der Waals surface area contributed by atoms with Gasteiger partial charge in [-0.1, -0.05) is 44.2 Å². The molecule has 1 heterocycles. The van der Waals surface area contributed by atoms with E-state index in [-0.39, 0.29) is 0 Å². The Labute approximate surface area is 121 Å². The highest BCUT2D eigenvalue weighted by Gasteiger charge is 2.14. The summed E-state index contributed by atoms with van der Waals surface area (Å²) in [7, 11) is 0. The fourth-order valence-electron chi connectivity index (χ4n) is 2.06. The highest BCUT2D eigenvalue weighted by molar-refractivity contribution is 9.11. The van der Waals surface area contributed by atoms with Crippen molar-refractivity contribution in [2.45, 2.75) is 26.4 Å². The normalized spacial score (nSPS) is 12.9. The minimum atomic E-state index is 0.409. The summed E-state index contributed by atoms with van der Waals surface area (Å²) in [6, 6.07) is 15.4. The second-order valence-corrected chi connectivity index (χ2v) is 7.27. The van der Waals surface area contributed by atoms with E-state index in [4.69, 9.17) is 0 Å². The third-order valence-electron chi connectivity index (χ3n) is 2.95. The van der Waals surface area contributed by atoms with Gasteiger partial charge in [-0.15, -0.1) is 11.3 Å². The first kappa shape index (κ1) is 13.8. The molecule has 0 aliphatic carbocycles. The standard InChI is InChI=1S/C15H18BrNS/c1-11(2)15(12-6-4-3-5-7-12)17-10-13-8-9-14(16)18-13/h3-9,11,15,17H,10H2,1-2H3. The molecule has 0 aliphatic heterocycles. The molecule has 0 amide bonds. The second kappa shape index (κ2) is 6.50. The average molecular weight is 324 g/mol. The van der Waals surface area contributed by atoms with Gasteiger partial charge in [-0.25, -0.2) is 0 Å². The molecule has 0 aliphatic rings. The summed E-state index contributed by atoms with van der Waals surface area (Å²) in [6.45, 7) is 5.44. The summed E-state index contributed by atoms with van der Waals surface area (Å²) < 4.78 is 1.19. The molecule has 1 N–H and O–H groups in total. The van der Waals surface area contributed by atoms with Crippen LogP contribution < -0.4 is 5.32 Å². The van der Waals surface area contributed by atoms with E-state index >= 15 is 0 Å². The average Bonchev–Trinajstić information content (AvgIpc) is 2.76. The van der Waals surface area contributed by atoms with Crippen molar-refractivity contribution in [3.63, 3.8) is 0 Å². The van der Waals surface area contributed by atoms with Crippen molar-refractivity contribution in [1.82, 2.24) is 5.32 Å². The quantitative estimate of drug-likeness (QED) is 0.816. The van der Waals surface area contributed by atoms with Crippen LogP contribution in [0.25, 0.3) is 0 Å². The number of hydrogen-bond acceptors (Lipinski definition) is 2. The van der Waals surface area contributed by atoms with Gasteiger partial charge in [0.25, 0.3) is 0 Å². The van der Waals surface area contributed by atoms with E-state index in [1.165, 1.54) is 14.2 Å². The van der Waals surface area contributed by atoms with E-state index in [0.29, 0.717) is 12.0 Å². The number of thiophene rings is 1. The molecule has 0 spiro atoms. The zero-order chi connectivity index (χ0) is 13.0. The molecule has 0 fully saturated rings. The van der Waals surface area contributed by atoms with E-state index in [0.717, 1.165) is 6.54 Å². The molecule has 1 aromatic carbocycles. The Balaban J connectivity index is 2.03. The van der Waals surface area contributed by atoms with Gasteiger partial charge in [-0.3, -0.25) is 0 Å². The molecule has 0 saturated carbocycles. The summed E-state index contributed by atoms with van der Waals surface area (Å²) in [4.78, 5) is 1.36. The minimum absolute atomic E-state index is 0.409. The fourth-order valence-corrected chi connectivity index (χ4v) is 3.49. The van der Waals surface area contributed by atoms with Crippen LogP contribution >= 0.6 is 27.3 Å². The monoisotopic (exact) mass is 323 g/mol. The predicted molar refractivity (Wildman–Crippen MR) is 82.9 cm³/mol. The van der Waals surface area contributed by atoms with Crippen molar-refractivity contribution in [1.29, 1.82) is 0 Å². The number of rotatable bonds is 5. The van der Waals surface area contributed by atoms with Crippen molar-refractivity contribution in [3.8, 4) is 0 Å². The molecule has 2 rings (SSSR count). The van der Waals surface area contributed by atoms with Crippen LogP contribution in [0.4, 0.5) is 0 Å². The lowest BCUT2D eigenvalue weighted by molar-refractivity contribution is 0.412. The van der Waals surface area contributed by atoms with Gasteiger partial charge in [0.2, 0.25) is 0 Å². The Bertz CT molecular complexity index is 478. The zero-order valence-electron chi connectivity index (χ0n) is 10.7. The Morgan fingerprint density at radius 2 is 1.83 bits per heavy atom. The van der Waals surface area contributed by atoms with Crippen molar-refractivity contribution in [2.24, 2.45) is 5.92 Å². The van der Waals surface area contributed by atoms with Gasteiger partial charge >= 0.3 is 0 Å². The van der Waals surface area contributed by atoms with Crippen LogP contribution in [-0.2, 0) is 6.54 Å². The van der Waals surface area contributed by atoms with Crippen molar-refractivity contribution in [3.05, 3.63) is 56.7 Å². The van der Waals surface area contributed by atoms with Gasteiger partial charge in [0, 0.05) is 17.5 Å². The van der Waals surface area contributed by atoms with Crippen LogP contribution in [0.3, 0.4) is 0 Å². The van der Waals surface area contributed by atoms with Crippen LogP contribution in [0.1, 0.15) is 30.3 Å². The van der Waals surface area contributed by atoms with Gasteiger partial charge in [0.1, 0.15) is 0 Å². The maximum Gasteiger partial charge on any atom is 0.0701 e. The Morgan fingerprint density at radius 1 is 1.11 bits per heavy atom. The maximum absolute atomic E-state index is 3.65. The van der Waals surface area contributed by atoms with E-state index in [2.05, 4.69) is 77.6 Å². The Hall–Kier alpha value is -0.640. The topological polar surface area (TPSA) is 12.0 Å². The SMILES string of the molecule is CC(C)C(NCc1ccc(Br)s1)c1ccccc1. The Kier molecular flexibility index (Phi) is 4.98. The molecule has 3 heteroatoms. The van der Waals surface area contributed by atoms with Gasteiger partial charge < -0.3 is 5.32 Å². The molecular formula is C15H18BrNS. The summed E-state index contributed by atoms with van der Waals surface area (Å²) in [6.07, 6.45) is 0. The number of nitrogens with one attached hydrogen (secondary N) is 1. The minimum Gasteiger partial charge on any atom is -0.305 e. The molecule has 0 saturated heterocycles. The Morgan fingerprint density at radius 3 is 2.39 bits per heavy atom. The highest BCUT2D eigenvalue weighted by Crippen LogP contribution is 2.25. The molecule has 1 nitrogen and oxygen atoms in total. The lowest BCUT2D eigenvalue weighted by Gasteiger charge is -2.22. The molecule has 1 aromatic heterocycles. The highest BCUT2D eigenvalue weighted by atomic mass is 79.9. The molecule has 1 atom stereocenters. The molecule has 96 valence electrons. The van der Waals surface area contributed by atoms with E-state index in [1.54, 1.807) is 11.3 Å². The largest absolute Gasteiger partial charge is 0.305 e. The second-order valence-electron chi connectivity index (χ2n) is 4.72. The van der Waals surface area contributed by atoms with Crippen molar-refractivity contribution < 1.29 is 0 Å². The van der Waals surface area contributed by atoms with Crippen molar-refractivity contribution >= 4 is 27.3 Å². The summed E-state index contributed by atoms with van der Waals surface area (Å²) in [5, 5.41) is 3.65. The molecule has 0 radical (unpaired) electrons. The molecule has 18 heavy (non-hydrogen) atoms. The number of hydrogen-bond donors (Lipinski definition) is 1. The third kappa shape index (κ3) is 3.67. The van der Waals surface area contributed by atoms with Gasteiger partial charge in [0.15, 0.2) is 0 Å². The van der Waals surface area contributed by atoms with Gasteiger partial charge in [-0.2, -0.15) is 0 Å². The smallest absolute Gasteiger partial charge is 0.0701 e. The zero-order valence-corrected chi connectivity index (χ0v) is 13.1. The lowest BCUT2D eigenvalue weighted by atomic mass is 9.96. The van der Waals surface area contributed by atoms with E-state index < -0.39 is 0 Å². The first-order valence-corrected chi connectivity index (χ1v) is 7.80. The number of halogens is 1. The van der Waals surface area contributed by atoms with Crippen LogP contribution in [0.5, 0.6) is 0 Å². The van der Waals surface area contributed by atoms with Crippen LogP contribution in [0.2, 0.25) is 0 Å². The summed E-state index contributed by atoms with van der Waals surface area (Å²) >= 11 is 5.29. The lowest BCUT2D eigenvalue weighted by Crippen LogP contribution is -2.24. The first-order valence-electron chi connectivity index (χ1n) is 6.19. The third-order valence-corrected chi connectivity index (χ3v) is 4.57. The van der Waals surface area contributed by atoms with Gasteiger partial charge in [-0.05, 0) is 39.5 Å². The predicted octanol–water partition coefficient (Wildman–Crippen LogP) is 5.00. The van der Waals surface area contributed by atoms with Crippen LogP contribution in [0, 0.1) is 5.92 Å². The molecule has 2 aromatic rings. The molecular weight excluding hydrogens is 306 g/mol. The van der Waals surface area contributed by atoms with Crippen LogP contribution in [-0.4, -0.2) is 0 Å². The van der Waals surface area contributed by atoms with Gasteiger partial charge in [0.05, 0.1) is 3.79 Å². The van der Waals surface area contributed by atoms with Crippen LogP contribution in [0.15, 0.2) is 46.3 Å². The first-order chi connectivity index (χ1) is 8.66. The van der Waals surface area contributed by atoms with E-state index in [9.17, 15) is 0 Å². The summed E-state index contributed by atoms with van der Waals surface area (Å²) in [5.74, 6) is 0.579. The number of benzene rings is 1. The fraction of sp³-hybridized carbons (Fsp3) is 0.333. The molecule has 0 bridgehead atoms. The summed E-state index contributed by atoms with van der Waals surface area (Å²) in [5.41, 5.74) is 1.36. The maximum atomic E-state index is 3.65. The van der Waals surface area contributed by atoms with E-state index in [1.807, 2.05) is 0 Å².